The topological polar surface area (TPSA) is 72.6 Å². The number of oxazole rings is 1. The zero-order valence-corrected chi connectivity index (χ0v) is 8.29. The van der Waals surface area contributed by atoms with E-state index in [0.717, 1.165) is 0 Å². The molecule has 0 spiro atoms. The van der Waals surface area contributed by atoms with Gasteiger partial charge in [-0.25, -0.2) is 9.78 Å². The van der Waals surface area contributed by atoms with Gasteiger partial charge in [0.2, 0.25) is 0 Å². The minimum absolute atomic E-state index is 0.157. The Balaban J connectivity index is 1.97. The third-order valence-corrected chi connectivity index (χ3v) is 1.86. The number of carboxylic acids is 1. The Bertz CT molecular complexity index is 478. The van der Waals surface area contributed by atoms with Crippen molar-refractivity contribution in [3.05, 3.63) is 48.2 Å². The minimum atomic E-state index is -1.19. The first-order chi connectivity index (χ1) is 7.75. The van der Waals surface area contributed by atoms with Crippen LogP contribution < -0.4 is 4.74 Å². The number of benzene rings is 1. The summed E-state index contributed by atoms with van der Waals surface area (Å²) in [5.74, 6) is -0.449. The smallest absolute Gasteiger partial charge is 0.392 e. The number of hydrogen-bond donors (Lipinski definition) is 1. The lowest BCUT2D eigenvalue weighted by atomic mass is 10.3. The molecule has 0 aliphatic carbocycles. The minimum Gasteiger partial charge on any atom is -0.486 e. The third-order valence-electron chi connectivity index (χ3n) is 1.86. The lowest BCUT2D eigenvalue weighted by Gasteiger charge is -2.02. The summed E-state index contributed by atoms with van der Waals surface area (Å²) in [5, 5.41) is 8.59. The van der Waals surface area contributed by atoms with Crippen molar-refractivity contribution in [3.8, 4) is 5.75 Å². The van der Waals surface area contributed by atoms with Gasteiger partial charge in [-0.2, -0.15) is 0 Å². The Morgan fingerprint density at radius 2 is 2.12 bits per heavy atom. The van der Waals surface area contributed by atoms with E-state index in [9.17, 15) is 4.79 Å². The quantitative estimate of drug-likeness (QED) is 0.850. The van der Waals surface area contributed by atoms with Crippen molar-refractivity contribution in [3.63, 3.8) is 0 Å². The number of nitrogens with zero attached hydrogens (tertiary/aromatic N) is 1. The highest BCUT2D eigenvalue weighted by Crippen LogP contribution is 2.12. The summed E-state index contributed by atoms with van der Waals surface area (Å²) in [6.45, 7) is 0.157. The second kappa shape index (κ2) is 4.48. The van der Waals surface area contributed by atoms with E-state index in [1.165, 1.54) is 6.20 Å². The molecule has 16 heavy (non-hydrogen) atoms. The highest BCUT2D eigenvalue weighted by molar-refractivity contribution is 5.81. The van der Waals surface area contributed by atoms with Crippen LogP contribution in [0.2, 0.25) is 0 Å². The van der Waals surface area contributed by atoms with Crippen LogP contribution in [0.25, 0.3) is 0 Å². The van der Waals surface area contributed by atoms with E-state index in [-0.39, 0.29) is 12.5 Å². The van der Waals surface area contributed by atoms with E-state index in [2.05, 4.69) is 4.98 Å². The maximum atomic E-state index is 10.5. The molecule has 1 aromatic carbocycles. The lowest BCUT2D eigenvalue weighted by molar-refractivity contribution is 0.0649. The van der Waals surface area contributed by atoms with Crippen LogP contribution in [0.4, 0.5) is 0 Å². The number of ether oxygens (including phenoxy) is 1. The molecule has 1 aromatic heterocycles. The number of rotatable bonds is 4. The molecule has 0 unspecified atom stereocenters. The van der Waals surface area contributed by atoms with Crippen LogP contribution in [-0.4, -0.2) is 16.1 Å². The zero-order valence-electron chi connectivity index (χ0n) is 8.29. The molecule has 1 N–H and O–H groups in total. The van der Waals surface area contributed by atoms with Crippen molar-refractivity contribution in [2.75, 3.05) is 0 Å². The van der Waals surface area contributed by atoms with Gasteiger partial charge in [0.15, 0.2) is 5.76 Å². The Labute approximate surface area is 91.3 Å². The molecule has 0 bridgehead atoms. The number of hydrogen-bond acceptors (Lipinski definition) is 4. The molecule has 0 atom stereocenters. The number of carboxylic acid groups (broad SMARTS) is 1. The van der Waals surface area contributed by atoms with Crippen LogP contribution >= 0.6 is 0 Å². The standard InChI is InChI=1S/C11H9NO4/c13-11(14)10-12-6-9(16-10)7-15-8-4-2-1-3-5-8/h1-6H,7H2,(H,13,14). The summed E-state index contributed by atoms with van der Waals surface area (Å²) in [4.78, 5) is 14.1. The van der Waals surface area contributed by atoms with Gasteiger partial charge < -0.3 is 14.3 Å². The van der Waals surface area contributed by atoms with Gasteiger partial charge in [0.1, 0.15) is 12.4 Å². The monoisotopic (exact) mass is 219 g/mol. The van der Waals surface area contributed by atoms with Crippen molar-refractivity contribution in [1.29, 1.82) is 0 Å². The molecule has 1 heterocycles. The van der Waals surface area contributed by atoms with Crippen LogP contribution in [0.1, 0.15) is 16.4 Å². The molecule has 0 radical (unpaired) electrons. The predicted molar refractivity (Wildman–Crippen MR) is 54.2 cm³/mol. The summed E-state index contributed by atoms with van der Waals surface area (Å²) < 4.78 is 10.3. The first kappa shape index (κ1) is 10.2. The fraction of sp³-hybridized carbons (Fsp3) is 0.0909. The van der Waals surface area contributed by atoms with Crippen LogP contribution in [0.5, 0.6) is 5.75 Å². The Morgan fingerprint density at radius 1 is 1.38 bits per heavy atom. The van der Waals surface area contributed by atoms with Crippen molar-refractivity contribution in [1.82, 2.24) is 4.98 Å². The lowest BCUT2D eigenvalue weighted by Crippen LogP contribution is -1.95. The van der Waals surface area contributed by atoms with E-state index in [4.69, 9.17) is 14.3 Å². The van der Waals surface area contributed by atoms with Crippen LogP contribution in [0.15, 0.2) is 40.9 Å². The summed E-state index contributed by atoms with van der Waals surface area (Å²) in [7, 11) is 0. The summed E-state index contributed by atoms with van der Waals surface area (Å²) in [6, 6.07) is 9.17. The highest BCUT2D eigenvalue weighted by atomic mass is 16.5. The predicted octanol–water partition coefficient (Wildman–Crippen LogP) is 1.95. The van der Waals surface area contributed by atoms with Gasteiger partial charge in [-0.15, -0.1) is 0 Å². The zero-order chi connectivity index (χ0) is 11.4. The van der Waals surface area contributed by atoms with Gasteiger partial charge >= 0.3 is 11.9 Å². The van der Waals surface area contributed by atoms with Crippen molar-refractivity contribution < 1.29 is 19.1 Å². The second-order valence-corrected chi connectivity index (χ2v) is 3.04. The van der Waals surface area contributed by atoms with Gasteiger partial charge in [-0.05, 0) is 12.1 Å². The number of para-hydroxylation sites is 1. The molecule has 2 rings (SSSR count). The van der Waals surface area contributed by atoms with Gasteiger partial charge in [0, 0.05) is 0 Å². The van der Waals surface area contributed by atoms with E-state index >= 15 is 0 Å². The highest BCUT2D eigenvalue weighted by Gasteiger charge is 2.10. The maximum absolute atomic E-state index is 10.5. The largest absolute Gasteiger partial charge is 0.486 e. The molecule has 0 saturated carbocycles. The van der Waals surface area contributed by atoms with Crippen LogP contribution in [0.3, 0.4) is 0 Å². The molecule has 5 heteroatoms. The molecular formula is C11H9NO4. The molecule has 2 aromatic rings. The van der Waals surface area contributed by atoms with Crippen LogP contribution in [0, 0.1) is 0 Å². The summed E-state index contributed by atoms with van der Waals surface area (Å²) >= 11 is 0. The normalized spacial score (nSPS) is 10.0. The maximum Gasteiger partial charge on any atom is 0.392 e. The van der Waals surface area contributed by atoms with Crippen molar-refractivity contribution in [2.45, 2.75) is 6.61 Å². The van der Waals surface area contributed by atoms with Crippen LogP contribution in [-0.2, 0) is 6.61 Å². The first-order valence-electron chi connectivity index (χ1n) is 4.61. The molecule has 0 amide bonds. The van der Waals surface area contributed by atoms with E-state index in [1.54, 1.807) is 12.1 Å². The fourth-order valence-corrected chi connectivity index (χ4v) is 1.14. The van der Waals surface area contributed by atoms with Crippen molar-refractivity contribution in [2.24, 2.45) is 0 Å². The van der Waals surface area contributed by atoms with Gasteiger partial charge in [0.25, 0.3) is 0 Å². The molecule has 0 saturated heterocycles. The van der Waals surface area contributed by atoms with E-state index in [1.807, 2.05) is 18.2 Å². The Morgan fingerprint density at radius 3 is 2.75 bits per heavy atom. The summed E-state index contributed by atoms with van der Waals surface area (Å²) in [6.07, 6.45) is 1.34. The molecule has 0 aliphatic heterocycles. The Hall–Kier alpha value is -2.30. The van der Waals surface area contributed by atoms with Crippen molar-refractivity contribution >= 4 is 5.97 Å². The van der Waals surface area contributed by atoms with Gasteiger partial charge in [-0.3, -0.25) is 0 Å². The molecular weight excluding hydrogens is 210 g/mol. The molecule has 82 valence electrons. The van der Waals surface area contributed by atoms with E-state index < -0.39 is 5.97 Å². The molecule has 0 aliphatic rings. The van der Waals surface area contributed by atoms with Gasteiger partial charge in [0.05, 0.1) is 6.20 Å². The number of aromatic carboxylic acids is 1. The second-order valence-electron chi connectivity index (χ2n) is 3.04. The van der Waals surface area contributed by atoms with Gasteiger partial charge in [-0.1, -0.05) is 18.2 Å². The van der Waals surface area contributed by atoms with E-state index in [0.29, 0.717) is 11.5 Å². The SMILES string of the molecule is O=C(O)c1ncc(COc2ccccc2)o1. The number of carbonyl (C=O) groups is 1. The number of aromatic nitrogens is 1. The fourth-order valence-electron chi connectivity index (χ4n) is 1.14. The molecule has 0 fully saturated rings. The molecule has 5 nitrogen and oxygen atoms in total. The Kier molecular flexibility index (Phi) is 2.86. The average molecular weight is 219 g/mol. The summed E-state index contributed by atoms with van der Waals surface area (Å²) in [5.41, 5.74) is 0. The third kappa shape index (κ3) is 2.38. The average Bonchev–Trinajstić information content (AvgIpc) is 2.76. The first-order valence-corrected chi connectivity index (χ1v) is 4.61.